The number of piperazine rings is 1. The van der Waals surface area contributed by atoms with E-state index in [0.29, 0.717) is 13.1 Å². The van der Waals surface area contributed by atoms with Gasteiger partial charge in [-0.1, -0.05) is 0 Å². The molecule has 2 saturated heterocycles. The van der Waals surface area contributed by atoms with E-state index in [1.807, 2.05) is 11.0 Å². The van der Waals surface area contributed by atoms with Crippen LogP contribution in [0.1, 0.15) is 19.3 Å². The second kappa shape index (κ2) is 8.19. The van der Waals surface area contributed by atoms with Crippen LogP contribution in [0.15, 0.2) is 35.5 Å². The van der Waals surface area contributed by atoms with Crippen molar-refractivity contribution in [2.24, 2.45) is 0 Å². The smallest absolute Gasteiger partial charge is 0.243 e. The van der Waals surface area contributed by atoms with Gasteiger partial charge in [-0.2, -0.15) is 4.31 Å². The minimum atomic E-state index is -3.87. The van der Waals surface area contributed by atoms with Crippen LogP contribution in [-0.4, -0.2) is 62.0 Å². The lowest BCUT2D eigenvalue weighted by atomic mass is 10.1. The zero-order valence-electron chi connectivity index (χ0n) is 16.0. The maximum absolute atomic E-state index is 13.5. The molecule has 1 aromatic heterocycles. The minimum absolute atomic E-state index is 0.237. The Bertz CT molecular complexity index is 974. The Morgan fingerprint density at radius 3 is 2.00 bits per heavy atom. The fraction of sp³-hybridized carbons (Fsp3) is 0.474. The number of aromatic nitrogens is 2. The molecule has 2 aliphatic heterocycles. The van der Waals surface area contributed by atoms with E-state index in [9.17, 15) is 17.2 Å². The van der Waals surface area contributed by atoms with Crippen molar-refractivity contribution in [1.82, 2.24) is 14.3 Å². The molecule has 2 fully saturated rings. The maximum Gasteiger partial charge on any atom is 0.243 e. The van der Waals surface area contributed by atoms with Crippen LogP contribution in [0.3, 0.4) is 0 Å². The Morgan fingerprint density at radius 2 is 1.38 bits per heavy atom. The van der Waals surface area contributed by atoms with Crippen LogP contribution >= 0.6 is 0 Å². The number of anilines is 2. The first-order valence-electron chi connectivity index (χ1n) is 9.72. The molecular weight excluding hydrogens is 400 g/mol. The second-order valence-corrected chi connectivity index (χ2v) is 9.19. The van der Waals surface area contributed by atoms with Crippen molar-refractivity contribution in [3.63, 3.8) is 0 Å². The Kier molecular flexibility index (Phi) is 5.64. The van der Waals surface area contributed by atoms with Crippen LogP contribution in [0.2, 0.25) is 0 Å². The first-order chi connectivity index (χ1) is 13.9. The fourth-order valence-corrected chi connectivity index (χ4v) is 5.18. The van der Waals surface area contributed by atoms with Crippen molar-refractivity contribution >= 4 is 21.7 Å². The molecule has 0 N–H and O–H groups in total. The molecule has 0 unspecified atom stereocenters. The van der Waals surface area contributed by atoms with Gasteiger partial charge in [-0.05, 0) is 37.5 Å². The lowest BCUT2D eigenvalue weighted by molar-refractivity contribution is 0.383. The number of rotatable bonds is 4. The van der Waals surface area contributed by atoms with Crippen LogP contribution in [-0.2, 0) is 10.0 Å². The summed E-state index contributed by atoms with van der Waals surface area (Å²) in [5.74, 6) is -0.574. The maximum atomic E-state index is 13.5. The highest BCUT2D eigenvalue weighted by Gasteiger charge is 2.30. The molecule has 0 spiro atoms. The van der Waals surface area contributed by atoms with E-state index in [1.165, 1.54) is 10.7 Å². The van der Waals surface area contributed by atoms with Gasteiger partial charge in [0, 0.05) is 45.3 Å². The summed E-state index contributed by atoms with van der Waals surface area (Å²) >= 11 is 0. The third-order valence-corrected chi connectivity index (χ3v) is 7.30. The minimum Gasteiger partial charge on any atom is -0.356 e. The summed E-state index contributed by atoms with van der Waals surface area (Å²) in [5, 5.41) is 0. The van der Waals surface area contributed by atoms with Crippen LogP contribution in [0.4, 0.5) is 20.4 Å². The van der Waals surface area contributed by atoms with Crippen molar-refractivity contribution in [1.29, 1.82) is 0 Å². The van der Waals surface area contributed by atoms with Crippen molar-refractivity contribution in [2.45, 2.75) is 24.2 Å². The molecule has 29 heavy (non-hydrogen) atoms. The Morgan fingerprint density at radius 1 is 0.759 bits per heavy atom. The summed E-state index contributed by atoms with van der Waals surface area (Å²) in [6, 6.07) is 4.61. The molecule has 3 heterocycles. The second-order valence-electron chi connectivity index (χ2n) is 7.25. The van der Waals surface area contributed by atoms with Gasteiger partial charge in [0.1, 0.15) is 18.0 Å². The zero-order chi connectivity index (χ0) is 20.4. The van der Waals surface area contributed by atoms with Gasteiger partial charge < -0.3 is 9.80 Å². The highest BCUT2D eigenvalue weighted by atomic mass is 32.2. The van der Waals surface area contributed by atoms with Gasteiger partial charge in [0.15, 0.2) is 11.6 Å². The lowest BCUT2D eigenvalue weighted by Gasteiger charge is -2.35. The molecule has 156 valence electrons. The molecule has 7 nitrogen and oxygen atoms in total. The van der Waals surface area contributed by atoms with Gasteiger partial charge in [-0.3, -0.25) is 0 Å². The number of nitrogens with zero attached hydrogens (tertiary/aromatic N) is 5. The molecule has 1 aromatic carbocycles. The van der Waals surface area contributed by atoms with Gasteiger partial charge in [0.05, 0.1) is 4.90 Å². The molecule has 2 aliphatic rings. The monoisotopic (exact) mass is 423 g/mol. The molecular formula is C19H23F2N5O2S. The summed E-state index contributed by atoms with van der Waals surface area (Å²) in [4.78, 5) is 12.8. The standard InChI is InChI=1S/C19H23F2N5O2S/c20-16-5-4-15(12-17(16)21)29(27,28)26-10-8-25(9-11-26)19-13-18(22-14-23-19)24-6-2-1-3-7-24/h4-5,12-14H,1-3,6-11H2. The Balaban J connectivity index is 1.44. The quantitative estimate of drug-likeness (QED) is 0.752. The number of hydrogen-bond donors (Lipinski definition) is 0. The van der Waals surface area contributed by atoms with Crippen LogP contribution < -0.4 is 9.80 Å². The van der Waals surface area contributed by atoms with Crippen LogP contribution in [0, 0.1) is 11.6 Å². The molecule has 0 amide bonds. The van der Waals surface area contributed by atoms with Gasteiger partial charge in [0.2, 0.25) is 10.0 Å². The average molecular weight is 423 g/mol. The van der Waals surface area contributed by atoms with Gasteiger partial charge >= 0.3 is 0 Å². The third kappa shape index (κ3) is 4.18. The topological polar surface area (TPSA) is 69.6 Å². The Hall–Kier alpha value is -2.33. The third-order valence-electron chi connectivity index (χ3n) is 5.41. The number of hydrogen-bond acceptors (Lipinski definition) is 6. The Labute approximate surface area is 169 Å². The molecule has 0 bridgehead atoms. The number of halogens is 2. The lowest BCUT2D eigenvalue weighted by Crippen LogP contribution is -2.49. The van der Waals surface area contributed by atoms with Gasteiger partial charge in [-0.15, -0.1) is 0 Å². The molecule has 0 atom stereocenters. The fourth-order valence-electron chi connectivity index (χ4n) is 3.75. The first-order valence-corrected chi connectivity index (χ1v) is 11.2. The zero-order valence-corrected chi connectivity index (χ0v) is 16.8. The van der Waals surface area contributed by atoms with E-state index in [2.05, 4.69) is 14.9 Å². The van der Waals surface area contributed by atoms with Gasteiger partial charge in [0.25, 0.3) is 0 Å². The average Bonchev–Trinajstić information content (AvgIpc) is 2.76. The SMILES string of the molecule is O=S(=O)(c1ccc(F)c(F)c1)N1CCN(c2cc(N3CCCCC3)ncn2)CC1. The number of benzene rings is 1. The molecule has 4 rings (SSSR count). The highest BCUT2D eigenvalue weighted by molar-refractivity contribution is 7.89. The van der Waals surface area contributed by atoms with Crippen LogP contribution in [0.5, 0.6) is 0 Å². The summed E-state index contributed by atoms with van der Waals surface area (Å²) in [6.45, 7) is 3.36. The summed E-state index contributed by atoms with van der Waals surface area (Å²) in [5.41, 5.74) is 0. The number of piperidine rings is 1. The highest BCUT2D eigenvalue weighted by Crippen LogP contribution is 2.24. The molecule has 10 heteroatoms. The molecule has 0 aliphatic carbocycles. The van der Waals surface area contributed by atoms with Crippen molar-refractivity contribution in [3.8, 4) is 0 Å². The molecule has 0 saturated carbocycles. The number of sulfonamides is 1. The van der Waals surface area contributed by atoms with E-state index < -0.39 is 21.7 Å². The first kappa shape index (κ1) is 20.0. The summed E-state index contributed by atoms with van der Waals surface area (Å²) in [7, 11) is -3.87. The van der Waals surface area contributed by atoms with Crippen molar-refractivity contribution in [2.75, 3.05) is 49.1 Å². The van der Waals surface area contributed by atoms with E-state index >= 15 is 0 Å². The van der Waals surface area contributed by atoms with Gasteiger partial charge in [-0.25, -0.2) is 27.2 Å². The largest absolute Gasteiger partial charge is 0.356 e. The summed E-state index contributed by atoms with van der Waals surface area (Å²) < 4.78 is 53.4. The van der Waals surface area contributed by atoms with Crippen LogP contribution in [0.25, 0.3) is 0 Å². The van der Waals surface area contributed by atoms with E-state index in [0.717, 1.165) is 55.8 Å². The van der Waals surface area contributed by atoms with E-state index in [1.54, 1.807) is 6.33 Å². The predicted molar refractivity (Wildman–Crippen MR) is 105 cm³/mol. The normalized spacial score (nSPS) is 18.8. The summed E-state index contributed by atoms with van der Waals surface area (Å²) in [6.07, 6.45) is 5.09. The van der Waals surface area contributed by atoms with E-state index in [4.69, 9.17) is 0 Å². The van der Waals surface area contributed by atoms with E-state index in [-0.39, 0.29) is 18.0 Å². The molecule has 0 radical (unpaired) electrons. The molecule has 2 aromatic rings. The predicted octanol–water partition coefficient (Wildman–Crippen LogP) is 2.26. The van der Waals surface area contributed by atoms with Crippen molar-refractivity contribution < 1.29 is 17.2 Å². The van der Waals surface area contributed by atoms with Crippen molar-refractivity contribution in [3.05, 3.63) is 42.2 Å².